The number of methoxy groups -OCH3 is 1. The summed E-state index contributed by atoms with van der Waals surface area (Å²) < 4.78 is 9.00. The summed E-state index contributed by atoms with van der Waals surface area (Å²) in [4.78, 5) is 21.5. The fourth-order valence-corrected chi connectivity index (χ4v) is 0.944. The first-order chi connectivity index (χ1) is 5.65. The molecule has 0 unspecified atom stereocenters. The van der Waals surface area contributed by atoms with Gasteiger partial charge in [0.1, 0.15) is 0 Å². The molecule has 0 N–H and O–H groups in total. The van der Waals surface area contributed by atoms with Crippen LogP contribution in [0.25, 0.3) is 0 Å². The number of esters is 1. The highest BCUT2D eigenvalue weighted by molar-refractivity contribution is 14.1. The molecular formula is C7H5IO4. The fourth-order valence-electron chi connectivity index (χ4n) is 0.654. The minimum Gasteiger partial charge on any atom is -0.463 e. The first kappa shape index (κ1) is 9.24. The molecule has 5 heteroatoms. The van der Waals surface area contributed by atoms with Crippen molar-refractivity contribution < 1.29 is 18.7 Å². The Morgan fingerprint density at radius 1 is 1.42 bits per heavy atom. The van der Waals surface area contributed by atoms with Gasteiger partial charge < -0.3 is 9.15 Å². The van der Waals surface area contributed by atoms with Gasteiger partial charge in [0.25, 0.3) is 3.79 Å². The molecule has 64 valence electrons. The van der Waals surface area contributed by atoms with E-state index in [-0.39, 0.29) is 15.3 Å². The second-order valence-electron chi connectivity index (χ2n) is 1.93. The van der Waals surface area contributed by atoms with Gasteiger partial charge >= 0.3 is 5.97 Å². The van der Waals surface area contributed by atoms with E-state index in [1.165, 1.54) is 19.2 Å². The molecular weight excluding hydrogens is 275 g/mol. The van der Waals surface area contributed by atoms with Crippen LogP contribution in [0.5, 0.6) is 0 Å². The van der Waals surface area contributed by atoms with Crippen molar-refractivity contribution in [3.63, 3.8) is 0 Å². The fraction of sp³-hybridized carbons (Fsp3) is 0.143. The zero-order chi connectivity index (χ0) is 9.14. The molecule has 0 aliphatic rings. The highest BCUT2D eigenvalue weighted by Gasteiger charge is 2.13. The Morgan fingerprint density at radius 2 is 2.00 bits per heavy atom. The molecule has 0 aliphatic heterocycles. The first-order valence-electron chi connectivity index (χ1n) is 3.03. The number of halogens is 1. The van der Waals surface area contributed by atoms with E-state index in [1.807, 2.05) is 0 Å². The van der Waals surface area contributed by atoms with Crippen LogP contribution in [0.15, 0.2) is 16.5 Å². The third-order valence-corrected chi connectivity index (χ3v) is 1.72. The number of carbonyl (C=O) groups is 2. The minimum atomic E-state index is -0.584. The zero-order valence-corrected chi connectivity index (χ0v) is 8.32. The molecule has 0 radical (unpaired) electrons. The summed E-state index contributed by atoms with van der Waals surface area (Å²) in [5.41, 5.74) is 0. The van der Waals surface area contributed by atoms with Crippen LogP contribution in [-0.2, 0) is 4.74 Å². The highest BCUT2D eigenvalue weighted by atomic mass is 127. The molecule has 12 heavy (non-hydrogen) atoms. The van der Waals surface area contributed by atoms with E-state index < -0.39 is 5.97 Å². The quantitative estimate of drug-likeness (QED) is 0.469. The molecule has 1 heterocycles. The predicted octanol–water partition coefficient (Wildman–Crippen LogP) is 1.64. The summed E-state index contributed by atoms with van der Waals surface area (Å²) in [7, 11) is 1.25. The predicted molar refractivity (Wildman–Crippen MR) is 48.4 cm³/mol. The van der Waals surface area contributed by atoms with E-state index >= 15 is 0 Å². The minimum absolute atomic E-state index is 0.0394. The third-order valence-electron chi connectivity index (χ3n) is 1.19. The van der Waals surface area contributed by atoms with Crippen LogP contribution in [0, 0.1) is 0 Å². The largest absolute Gasteiger partial charge is 0.463 e. The summed E-state index contributed by atoms with van der Waals surface area (Å²) >= 11 is 1.57. The van der Waals surface area contributed by atoms with E-state index in [4.69, 9.17) is 4.42 Å². The van der Waals surface area contributed by atoms with Gasteiger partial charge in [-0.05, 0) is 12.1 Å². The molecule has 0 atom stereocenters. The van der Waals surface area contributed by atoms with Gasteiger partial charge in [0.05, 0.1) is 7.11 Å². The van der Waals surface area contributed by atoms with Crippen molar-refractivity contribution in [2.45, 2.75) is 0 Å². The maximum Gasteiger partial charge on any atom is 0.373 e. The van der Waals surface area contributed by atoms with Gasteiger partial charge in [-0.25, -0.2) is 4.79 Å². The number of rotatable bonds is 2. The van der Waals surface area contributed by atoms with Crippen molar-refractivity contribution in [1.82, 2.24) is 0 Å². The average Bonchev–Trinajstić information content (AvgIpc) is 2.51. The number of hydrogen-bond acceptors (Lipinski definition) is 4. The SMILES string of the molecule is COC(=O)c1ccc(C(=O)I)o1. The molecule has 0 bridgehead atoms. The van der Waals surface area contributed by atoms with Crippen LogP contribution in [0.2, 0.25) is 0 Å². The van der Waals surface area contributed by atoms with Crippen LogP contribution in [0.1, 0.15) is 21.1 Å². The van der Waals surface area contributed by atoms with E-state index in [0.717, 1.165) is 0 Å². The van der Waals surface area contributed by atoms with Gasteiger partial charge in [0.2, 0.25) is 5.76 Å². The van der Waals surface area contributed by atoms with Crippen LogP contribution in [0.3, 0.4) is 0 Å². The Balaban J connectivity index is 2.91. The van der Waals surface area contributed by atoms with Crippen LogP contribution >= 0.6 is 22.6 Å². The van der Waals surface area contributed by atoms with Gasteiger partial charge in [0.15, 0.2) is 5.76 Å². The summed E-state index contributed by atoms with van der Waals surface area (Å²) in [5.74, 6) is -0.396. The van der Waals surface area contributed by atoms with Crippen molar-refractivity contribution in [2.24, 2.45) is 0 Å². The van der Waals surface area contributed by atoms with Crippen LogP contribution in [0.4, 0.5) is 0 Å². The van der Waals surface area contributed by atoms with Crippen molar-refractivity contribution in [1.29, 1.82) is 0 Å². The molecule has 0 saturated carbocycles. The zero-order valence-electron chi connectivity index (χ0n) is 6.17. The maximum absolute atomic E-state index is 10.8. The van der Waals surface area contributed by atoms with Crippen LogP contribution < -0.4 is 0 Å². The number of carbonyl (C=O) groups excluding carboxylic acids is 2. The second-order valence-corrected chi connectivity index (χ2v) is 2.91. The number of furan rings is 1. The Morgan fingerprint density at radius 3 is 2.42 bits per heavy atom. The van der Waals surface area contributed by atoms with Gasteiger partial charge in [-0.2, -0.15) is 0 Å². The van der Waals surface area contributed by atoms with Crippen molar-refractivity contribution >= 4 is 32.4 Å². The van der Waals surface area contributed by atoms with E-state index in [1.54, 1.807) is 22.6 Å². The van der Waals surface area contributed by atoms with E-state index in [9.17, 15) is 9.59 Å². The smallest absolute Gasteiger partial charge is 0.373 e. The second kappa shape index (κ2) is 3.70. The molecule has 1 aromatic heterocycles. The van der Waals surface area contributed by atoms with Crippen molar-refractivity contribution in [2.75, 3.05) is 7.11 Å². The lowest BCUT2D eigenvalue weighted by molar-refractivity contribution is 0.0564. The lowest BCUT2D eigenvalue weighted by atomic mass is 10.4. The van der Waals surface area contributed by atoms with Gasteiger partial charge in [-0.15, -0.1) is 0 Å². The third kappa shape index (κ3) is 1.84. The summed E-state index contributed by atoms with van der Waals surface area (Å²) in [5, 5.41) is 0. The average molecular weight is 280 g/mol. The van der Waals surface area contributed by atoms with E-state index in [2.05, 4.69) is 4.74 Å². The molecule has 0 amide bonds. The first-order valence-corrected chi connectivity index (χ1v) is 4.11. The maximum atomic E-state index is 10.8. The molecule has 0 aliphatic carbocycles. The molecule has 4 nitrogen and oxygen atoms in total. The standard InChI is InChI=1S/C7H5IO4/c1-11-7(10)5-3-2-4(12-5)6(8)9/h2-3H,1H3. The van der Waals surface area contributed by atoms with Crippen molar-refractivity contribution in [3.8, 4) is 0 Å². The lowest BCUT2D eigenvalue weighted by Gasteiger charge is -1.91. The van der Waals surface area contributed by atoms with Crippen LogP contribution in [-0.4, -0.2) is 16.9 Å². The monoisotopic (exact) mass is 280 g/mol. The molecule has 0 spiro atoms. The van der Waals surface area contributed by atoms with Gasteiger partial charge in [-0.3, -0.25) is 4.79 Å². The molecule has 0 aromatic carbocycles. The van der Waals surface area contributed by atoms with Gasteiger partial charge in [0, 0.05) is 22.6 Å². The molecule has 1 rings (SSSR count). The highest BCUT2D eigenvalue weighted by Crippen LogP contribution is 2.12. The molecule has 0 saturated heterocycles. The topological polar surface area (TPSA) is 56.5 Å². The van der Waals surface area contributed by atoms with Gasteiger partial charge in [-0.1, -0.05) is 0 Å². The van der Waals surface area contributed by atoms with Crippen molar-refractivity contribution in [3.05, 3.63) is 23.7 Å². The summed E-state index contributed by atoms with van der Waals surface area (Å²) in [6.07, 6.45) is 0. The Labute approximate surface area is 82.0 Å². The Kier molecular flexibility index (Phi) is 2.85. The molecule has 0 fully saturated rings. The molecule has 1 aromatic rings. The normalized spacial score (nSPS) is 9.50. The number of ether oxygens (including phenoxy) is 1. The lowest BCUT2D eigenvalue weighted by Crippen LogP contribution is -1.98. The Bertz CT molecular complexity index is 315. The Hall–Kier alpha value is -0.850. The number of hydrogen-bond donors (Lipinski definition) is 0. The van der Waals surface area contributed by atoms with E-state index in [0.29, 0.717) is 0 Å². The summed E-state index contributed by atoms with van der Waals surface area (Å²) in [6.45, 7) is 0. The summed E-state index contributed by atoms with van der Waals surface area (Å²) in [6, 6.07) is 2.83.